The summed E-state index contributed by atoms with van der Waals surface area (Å²) in [6, 6.07) is 5.72. The molecule has 0 N–H and O–H groups in total. The summed E-state index contributed by atoms with van der Waals surface area (Å²) in [6.07, 6.45) is 23.1. The van der Waals surface area contributed by atoms with Crippen molar-refractivity contribution >= 4 is 11.1 Å². The molecule has 2 heterocycles. The largest absolute Gasteiger partial charge is 0.498 e. The van der Waals surface area contributed by atoms with Crippen LogP contribution in [0.25, 0.3) is 11.1 Å². The van der Waals surface area contributed by atoms with Crippen LogP contribution >= 0.6 is 0 Å². The van der Waals surface area contributed by atoms with Crippen molar-refractivity contribution in [2.45, 2.75) is 107 Å². The molecule has 0 amide bonds. The Kier molecular flexibility index (Phi) is 11.4. The van der Waals surface area contributed by atoms with Gasteiger partial charge in [0.2, 0.25) is 0 Å². The maximum Gasteiger partial charge on any atom is 0.142 e. The van der Waals surface area contributed by atoms with E-state index in [2.05, 4.69) is 75.8 Å². The van der Waals surface area contributed by atoms with E-state index in [0.717, 1.165) is 43.8 Å². The van der Waals surface area contributed by atoms with E-state index in [0.29, 0.717) is 11.8 Å². The van der Waals surface area contributed by atoms with Crippen molar-refractivity contribution in [2.75, 3.05) is 6.61 Å². The smallest absolute Gasteiger partial charge is 0.142 e. The van der Waals surface area contributed by atoms with E-state index in [1.807, 2.05) is 32.3 Å². The molecular formula is C40H55FN2O. The highest BCUT2D eigenvalue weighted by atomic mass is 19.1. The number of pyridine rings is 2. The first kappa shape index (κ1) is 33.9. The highest BCUT2D eigenvalue weighted by Gasteiger charge is 2.57. The van der Waals surface area contributed by atoms with Crippen molar-refractivity contribution in [3.8, 4) is 0 Å². The molecule has 0 bridgehead atoms. The van der Waals surface area contributed by atoms with Crippen molar-refractivity contribution in [3.05, 3.63) is 95.1 Å². The Morgan fingerprint density at radius 2 is 1.84 bits per heavy atom. The fraction of sp³-hybridized carbons (Fsp3) is 0.550. The summed E-state index contributed by atoms with van der Waals surface area (Å²) in [4.78, 5) is 8.20. The van der Waals surface area contributed by atoms with E-state index < -0.39 is 0 Å². The molecular weight excluding hydrogens is 543 g/mol. The topological polar surface area (TPSA) is 35.0 Å². The molecule has 238 valence electrons. The molecule has 0 aliphatic heterocycles. The first-order valence-electron chi connectivity index (χ1n) is 17.2. The lowest BCUT2D eigenvalue weighted by Crippen LogP contribution is -2.49. The second-order valence-corrected chi connectivity index (χ2v) is 13.2. The highest BCUT2D eigenvalue weighted by molar-refractivity contribution is 5.72. The van der Waals surface area contributed by atoms with Gasteiger partial charge in [-0.05, 0) is 133 Å². The van der Waals surface area contributed by atoms with Crippen LogP contribution < -0.4 is 0 Å². The molecule has 0 saturated heterocycles. The van der Waals surface area contributed by atoms with Crippen LogP contribution in [0.3, 0.4) is 0 Å². The molecule has 4 aliphatic carbocycles. The van der Waals surface area contributed by atoms with Gasteiger partial charge in [0.05, 0.1) is 18.6 Å². The Morgan fingerprint density at radius 1 is 1.05 bits per heavy atom. The third-order valence-corrected chi connectivity index (χ3v) is 10.9. The standard InChI is InChI=1S/C28H36FNO.C10H13N.C2H6/c1-5-18-14-22-24-8-7-23(19-13-20(29)17-30-16-19)27(24,3)12-10-25(22)28(4)11-9-21(31-6-2)15-26(18)28;1-3-5-9(2)10-6-4-7-11-8-10;1-2/h7,13,15-17,22,24-25H,5-6,8-12,14H2,1-4H3;4-8H,3H2,1-2H3;1-2H3/b;9-5+;. The van der Waals surface area contributed by atoms with Gasteiger partial charge in [-0.15, -0.1) is 0 Å². The predicted molar refractivity (Wildman–Crippen MR) is 183 cm³/mol. The summed E-state index contributed by atoms with van der Waals surface area (Å²) in [7, 11) is 0. The fourth-order valence-corrected chi connectivity index (χ4v) is 8.79. The number of hydrogen-bond donors (Lipinski definition) is 0. The van der Waals surface area contributed by atoms with Crippen LogP contribution in [0, 0.1) is 34.4 Å². The highest BCUT2D eigenvalue weighted by Crippen LogP contribution is 2.67. The van der Waals surface area contributed by atoms with Gasteiger partial charge in [0.25, 0.3) is 0 Å². The summed E-state index contributed by atoms with van der Waals surface area (Å²) < 4.78 is 19.9. The van der Waals surface area contributed by atoms with Crippen molar-refractivity contribution in [2.24, 2.45) is 28.6 Å². The van der Waals surface area contributed by atoms with Gasteiger partial charge in [-0.1, -0.05) is 65.3 Å². The quantitative estimate of drug-likeness (QED) is 0.332. The molecule has 2 aromatic rings. The number of nitrogens with zero attached hydrogens (tertiary/aromatic N) is 2. The lowest BCUT2D eigenvalue weighted by molar-refractivity contribution is -0.00850. The average Bonchev–Trinajstić information content (AvgIpc) is 3.40. The number of allylic oxidation sites excluding steroid dienone is 8. The van der Waals surface area contributed by atoms with Gasteiger partial charge in [-0.25, -0.2) is 4.39 Å². The molecule has 0 radical (unpaired) electrons. The maximum absolute atomic E-state index is 13.9. The summed E-state index contributed by atoms with van der Waals surface area (Å²) >= 11 is 0. The normalized spacial score (nSPS) is 29.0. The van der Waals surface area contributed by atoms with Gasteiger partial charge in [0, 0.05) is 25.0 Å². The number of hydrogen-bond acceptors (Lipinski definition) is 3. The number of ether oxygens (including phenoxy) is 1. The first-order chi connectivity index (χ1) is 21.2. The Morgan fingerprint density at radius 3 is 2.50 bits per heavy atom. The summed E-state index contributed by atoms with van der Waals surface area (Å²) in [5, 5.41) is 0. The average molecular weight is 599 g/mol. The molecule has 0 aromatic carbocycles. The number of rotatable bonds is 6. The van der Waals surface area contributed by atoms with Gasteiger partial charge >= 0.3 is 0 Å². The third-order valence-electron chi connectivity index (χ3n) is 10.9. The molecule has 1 saturated carbocycles. The summed E-state index contributed by atoms with van der Waals surface area (Å²) in [6.45, 7) is 18.4. The van der Waals surface area contributed by atoms with E-state index in [1.165, 1.54) is 54.3 Å². The summed E-state index contributed by atoms with van der Waals surface area (Å²) in [5.41, 5.74) is 8.47. The Hall–Kier alpha value is -3.01. The monoisotopic (exact) mass is 598 g/mol. The van der Waals surface area contributed by atoms with Gasteiger partial charge in [-0.3, -0.25) is 9.97 Å². The SMILES string of the molecule is CC.CC/C=C(\C)c1cccnc1.CCOC1=CC2=C(CC)CC3C4CC=C(c5cncc(F)c5)C4(C)CCC3C2(C)CC1. The lowest BCUT2D eigenvalue weighted by atomic mass is 9.46. The van der Waals surface area contributed by atoms with Crippen LogP contribution in [0.15, 0.2) is 78.1 Å². The molecule has 2 aromatic heterocycles. The lowest BCUT2D eigenvalue weighted by Gasteiger charge is -2.58. The second-order valence-electron chi connectivity index (χ2n) is 13.2. The number of fused-ring (bicyclic) bond motifs is 5. The molecule has 3 nitrogen and oxygen atoms in total. The first-order valence-corrected chi connectivity index (χ1v) is 17.2. The van der Waals surface area contributed by atoms with Gasteiger partial charge in [0.15, 0.2) is 0 Å². The van der Waals surface area contributed by atoms with E-state index in [1.54, 1.807) is 23.4 Å². The van der Waals surface area contributed by atoms with Crippen molar-refractivity contribution in [3.63, 3.8) is 0 Å². The van der Waals surface area contributed by atoms with Crippen LogP contribution in [-0.2, 0) is 4.74 Å². The predicted octanol–water partition coefficient (Wildman–Crippen LogP) is 11.4. The minimum absolute atomic E-state index is 0.129. The van der Waals surface area contributed by atoms with Gasteiger partial charge < -0.3 is 4.74 Å². The van der Waals surface area contributed by atoms with Gasteiger partial charge in [-0.2, -0.15) is 0 Å². The zero-order chi connectivity index (χ0) is 31.9. The fourth-order valence-electron chi connectivity index (χ4n) is 8.79. The van der Waals surface area contributed by atoms with E-state index in [-0.39, 0.29) is 16.6 Å². The van der Waals surface area contributed by atoms with E-state index >= 15 is 0 Å². The Bertz CT molecular complexity index is 1390. The molecule has 1 fully saturated rings. The van der Waals surface area contributed by atoms with Crippen LogP contribution in [0.2, 0.25) is 0 Å². The Balaban J connectivity index is 0.000000287. The maximum atomic E-state index is 13.9. The van der Waals surface area contributed by atoms with E-state index in [4.69, 9.17) is 4.74 Å². The zero-order valence-corrected chi connectivity index (χ0v) is 28.6. The molecule has 4 heteroatoms. The van der Waals surface area contributed by atoms with Crippen molar-refractivity contribution in [1.82, 2.24) is 9.97 Å². The molecule has 44 heavy (non-hydrogen) atoms. The minimum atomic E-state index is -0.232. The molecule has 4 aliphatic rings. The number of halogens is 1. The molecule has 5 atom stereocenters. The third kappa shape index (κ3) is 6.65. The second kappa shape index (κ2) is 14.8. The zero-order valence-electron chi connectivity index (χ0n) is 28.6. The Labute approximate surface area is 266 Å². The van der Waals surface area contributed by atoms with Crippen molar-refractivity contribution < 1.29 is 9.13 Å². The van der Waals surface area contributed by atoms with Gasteiger partial charge in [0.1, 0.15) is 5.82 Å². The van der Waals surface area contributed by atoms with Crippen LogP contribution in [0.1, 0.15) is 118 Å². The minimum Gasteiger partial charge on any atom is -0.498 e. The molecule has 5 unspecified atom stereocenters. The molecule has 0 spiro atoms. The van der Waals surface area contributed by atoms with Crippen LogP contribution in [0.4, 0.5) is 4.39 Å². The molecule has 6 rings (SSSR count). The van der Waals surface area contributed by atoms with Crippen LogP contribution in [0.5, 0.6) is 0 Å². The van der Waals surface area contributed by atoms with Crippen LogP contribution in [-0.4, -0.2) is 16.6 Å². The van der Waals surface area contributed by atoms with Crippen molar-refractivity contribution in [1.29, 1.82) is 0 Å². The van der Waals surface area contributed by atoms with E-state index in [9.17, 15) is 4.39 Å². The summed E-state index contributed by atoms with van der Waals surface area (Å²) in [5.74, 6) is 3.03. The number of aromatic nitrogens is 2.